The summed E-state index contributed by atoms with van der Waals surface area (Å²) in [5.41, 5.74) is 0.708. The maximum absolute atomic E-state index is 11.9. The first-order valence-corrected chi connectivity index (χ1v) is 8.83. The van der Waals surface area contributed by atoms with Crippen molar-refractivity contribution in [3.05, 3.63) is 21.4 Å². The van der Waals surface area contributed by atoms with Crippen LogP contribution in [0.5, 0.6) is 0 Å². The molecule has 0 aliphatic heterocycles. The Labute approximate surface area is 118 Å². The number of thiophene rings is 1. The van der Waals surface area contributed by atoms with E-state index in [4.69, 9.17) is 0 Å². The second-order valence-electron chi connectivity index (χ2n) is 4.66. The van der Waals surface area contributed by atoms with Gasteiger partial charge in [-0.3, -0.25) is 4.79 Å². The normalized spacial score (nSPS) is 13.3. The van der Waals surface area contributed by atoms with Crippen molar-refractivity contribution in [1.29, 1.82) is 0 Å². The number of hydrogen-bond donors (Lipinski definition) is 2. The predicted molar refractivity (Wildman–Crippen MR) is 78.5 cm³/mol. The third kappa shape index (κ3) is 5.30. The smallest absolute Gasteiger partial charge is 0.261 e. The molecule has 1 heterocycles. The van der Waals surface area contributed by atoms with E-state index < -0.39 is 9.84 Å². The molecule has 5 nitrogen and oxygen atoms in total. The van der Waals surface area contributed by atoms with Crippen LogP contribution in [0.1, 0.15) is 27.0 Å². The molecule has 1 amide bonds. The van der Waals surface area contributed by atoms with Gasteiger partial charge in [0.15, 0.2) is 9.84 Å². The van der Waals surface area contributed by atoms with Crippen molar-refractivity contribution in [2.75, 3.05) is 19.8 Å². The van der Waals surface area contributed by atoms with Gasteiger partial charge in [-0.2, -0.15) is 0 Å². The van der Waals surface area contributed by atoms with Gasteiger partial charge in [0.2, 0.25) is 0 Å². The van der Waals surface area contributed by atoms with Crippen molar-refractivity contribution in [2.45, 2.75) is 25.6 Å². The lowest BCUT2D eigenvalue weighted by molar-refractivity contribution is 0.0954. The molecule has 0 saturated carbocycles. The van der Waals surface area contributed by atoms with Crippen LogP contribution in [-0.2, 0) is 15.6 Å². The molecule has 0 fully saturated rings. The largest absolute Gasteiger partial charge is 0.350 e. The third-order valence-corrected chi connectivity index (χ3v) is 4.65. The first-order valence-electron chi connectivity index (χ1n) is 5.95. The lowest BCUT2D eigenvalue weighted by Gasteiger charge is -2.10. The van der Waals surface area contributed by atoms with Gasteiger partial charge >= 0.3 is 0 Å². The number of rotatable bonds is 6. The molecular formula is C12H20N2O3S2. The quantitative estimate of drug-likeness (QED) is 0.820. The number of aryl methyl sites for hydroxylation is 1. The Morgan fingerprint density at radius 1 is 1.47 bits per heavy atom. The zero-order chi connectivity index (χ0) is 14.6. The van der Waals surface area contributed by atoms with Crippen molar-refractivity contribution in [3.63, 3.8) is 0 Å². The summed E-state index contributed by atoms with van der Waals surface area (Å²) >= 11 is 1.33. The monoisotopic (exact) mass is 304 g/mol. The standard InChI is InChI=1S/C12H20N2O3S2/c1-8(13-3)6-14-12(15)11-5-10(9(2)18-11)7-19(4,16)17/h5,8,13H,6-7H2,1-4H3,(H,14,15). The molecule has 0 saturated heterocycles. The van der Waals surface area contributed by atoms with Crippen LogP contribution in [-0.4, -0.2) is 40.2 Å². The summed E-state index contributed by atoms with van der Waals surface area (Å²) in [6.07, 6.45) is 1.19. The van der Waals surface area contributed by atoms with E-state index in [0.717, 1.165) is 4.88 Å². The highest BCUT2D eigenvalue weighted by atomic mass is 32.2. The Balaban J connectivity index is 2.75. The molecule has 108 valence electrons. The topological polar surface area (TPSA) is 75.3 Å². The summed E-state index contributed by atoms with van der Waals surface area (Å²) in [6.45, 7) is 4.33. The zero-order valence-corrected chi connectivity index (χ0v) is 13.2. The van der Waals surface area contributed by atoms with E-state index in [1.807, 2.05) is 20.9 Å². The van der Waals surface area contributed by atoms with Gasteiger partial charge in [0.25, 0.3) is 5.91 Å². The first-order chi connectivity index (χ1) is 8.73. The van der Waals surface area contributed by atoms with E-state index in [9.17, 15) is 13.2 Å². The highest BCUT2D eigenvalue weighted by Gasteiger charge is 2.15. The second kappa shape index (κ2) is 6.49. The molecule has 0 aliphatic carbocycles. The average Bonchev–Trinajstić information content (AvgIpc) is 2.65. The maximum Gasteiger partial charge on any atom is 0.261 e. The highest BCUT2D eigenvalue weighted by molar-refractivity contribution is 7.89. The zero-order valence-electron chi connectivity index (χ0n) is 11.6. The molecule has 0 aliphatic rings. The Kier molecular flexibility index (Phi) is 5.51. The van der Waals surface area contributed by atoms with Crippen LogP contribution in [0.25, 0.3) is 0 Å². The molecule has 0 aromatic carbocycles. The molecule has 7 heteroatoms. The minimum absolute atomic E-state index is 0.0183. The van der Waals surface area contributed by atoms with Gasteiger partial charge in [-0.15, -0.1) is 11.3 Å². The minimum atomic E-state index is -3.08. The fourth-order valence-corrected chi connectivity index (χ4v) is 3.41. The van der Waals surface area contributed by atoms with E-state index in [-0.39, 0.29) is 17.7 Å². The van der Waals surface area contributed by atoms with Gasteiger partial charge in [-0.05, 0) is 32.5 Å². The van der Waals surface area contributed by atoms with Crippen LogP contribution in [0.3, 0.4) is 0 Å². The van der Waals surface area contributed by atoms with Gasteiger partial charge < -0.3 is 10.6 Å². The van der Waals surface area contributed by atoms with Gasteiger partial charge in [0, 0.05) is 23.7 Å². The highest BCUT2D eigenvalue weighted by Crippen LogP contribution is 2.23. The molecule has 19 heavy (non-hydrogen) atoms. The Morgan fingerprint density at radius 3 is 2.63 bits per heavy atom. The summed E-state index contributed by atoms with van der Waals surface area (Å²) in [7, 11) is -1.25. The van der Waals surface area contributed by atoms with Crippen LogP contribution in [0.15, 0.2) is 6.07 Å². The van der Waals surface area contributed by atoms with Gasteiger partial charge in [0.05, 0.1) is 10.6 Å². The average molecular weight is 304 g/mol. The van der Waals surface area contributed by atoms with Crippen molar-refractivity contribution >= 4 is 27.1 Å². The van der Waals surface area contributed by atoms with E-state index in [2.05, 4.69) is 10.6 Å². The lowest BCUT2D eigenvalue weighted by Crippen LogP contribution is -2.36. The molecule has 1 aromatic heterocycles. The molecule has 1 atom stereocenters. The molecule has 1 aromatic rings. The van der Waals surface area contributed by atoms with Gasteiger partial charge in [0.1, 0.15) is 0 Å². The number of sulfone groups is 1. The van der Waals surface area contributed by atoms with E-state index in [0.29, 0.717) is 17.0 Å². The first kappa shape index (κ1) is 16.1. The molecule has 1 rings (SSSR count). The van der Waals surface area contributed by atoms with Crippen molar-refractivity contribution in [2.24, 2.45) is 0 Å². The Morgan fingerprint density at radius 2 is 2.11 bits per heavy atom. The molecule has 0 spiro atoms. The maximum atomic E-state index is 11.9. The van der Waals surface area contributed by atoms with Crippen LogP contribution < -0.4 is 10.6 Å². The summed E-state index contributed by atoms with van der Waals surface area (Å²) in [6, 6.07) is 1.86. The fraction of sp³-hybridized carbons (Fsp3) is 0.583. The van der Waals surface area contributed by atoms with Gasteiger partial charge in [-0.1, -0.05) is 0 Å². The van der Waals surface area contributed by atoms with E-state index >= 15 is 0 Å². The second-order valence-corrected chi connectivity index (χ2v) is 8.06. The van der Waals surface area contributed by atoms with Crippen molar-refractivity contribution < 1.29 is 13.2 Å². The summed E-state index contributed by atoms with van der Waals surface area (Å²) in [5, 5.41) is 5.84. The summed E-state index contributed by atoms with van der Waals surface area (Å²) < 4.78 is 22.6. The van der Waals surface area contributed by atoms with Gasteiger partial charge in [-0.25, -0.2) is 8.42 Å². The third-order valence-electron chi connectivity index (χ3n) is 2.72. The number of carbonyl (C=O) groups excluding carboxylic acids is 1. The number of carbonyl (C=O) groups is 1. The summed E-state index contributed by atoms with van der Waals surface area (Å²) in [5.74, 6) is -0.176. The number of hydrogen-bond acceptors (Lipinski definition) is 5. The minimum Gasteiger partial charge on any atom is -0.350 e. The van der Waals surface area contributed by atoms with Crippen LogP contribution >= 0.6 is 11.3 Å². The molecule has 2 N–H and O–H groups in total. The molecule has 1 unspecified atom stereocenters. The Bertz CT molecular complexity index is 549. The fourth-order valence-electron chi connectivity index (χ4n) is 1.49. The molecular weight excluding hydrogens is 284 g/mol. The number of likely N-dealkylation sites (N-methyl/N-ethyl adjacent to an activating group) is 1. The van der Waals surface area contributed by atoms with E-state index in [1.165, 1.54) is 17.6 Å². The molecule has 0 radical (unpaired) electrons. The SMILES string of the molecule is CNC(C)CNC(=O)c1cc(CS(C)(=O)=O)c(C)s1. The Hall–Kier alpha value is -0.920. The predicted octanol–water partition coefficient (Wildman–Crippen LogP) is 0.939. The lowest BCUT2D eigenvalue weighted by atomic mass is 10.2. The van der Waals surface area contributed by atoms with Crippen LogP contribution in [0, 0.1) is 6.92 Å². The summed E-state index contributed by atoms with van der Waals surface area (Å²) in [4.78, 5) is 13.3. The van der Waals surface area contributed by atoms with Crippen LogP contribution in [0.4, 0.5) is 0 Å². The molecule has 0 bridgehead atoms. The van der Waals surface area contributed by atoms with Crippen molar-refractivity contribution in [3.8, 4) is 0 Å². The van der Waals surface area contributed by atoms with Crippen LogP contribution in [0.2, 0.25) is 0 Å². The number of nitrogens with one attached hydrogen (secondary N) is 2. The van der Waals surface area contributed by atoms with Crippen molar-refractivity contribution in [1.82, 2.24) is 10.6 Å². The van der Waals surface area contributed by atoms with E-state index in [1.54, 1.807) is 6.07 Å². The number of amides is 1.